The van der Waals surface area contributed by atoms with E-state index >= 15 is 0 Å². The number of aryl methyl sites for hydroxylation is 1. The van der Waals surface area contributed by atoms with Gasteiger partial charge in [-0.1, -0.05) is 36.4 Å². The van der Waals surface area contributed by atoms with Crippen LogP contribution in [0.4, 0.5) is 0 Å². The summed E-state index contributed by atoms with van der Waals surface area (Å²) in [5.74, 6) is 0. The Bertz CT molecular complexity index is 1030. The van der Waals surface area contributed by atoms with E-state index in [1.165, 1.54) is 5.39 Å². The molecule has 0 saturated carbocycles. The third-order valence-corrected chi connectivity index (χ3v) is 3.76. The first-order chi connectivity index (χ1) is 9.72. The van der Waals surface area contributed by atoms with Gasteiger partial charge in [-0.25, -0.2) is 4.79 Å². The van der Waals surface area contributed by atoms with Gasteiger partial charge in [-0.05, 0) is 41.3 Å². The van der Waals surface area contributed by atoms with E-state index < -0.39 is 0 Å². The summed E-state index contributed by atoms with van der Waals surface area (Å²) in [5, 5.41) is 5.37. The molecule has 0 saturated heterocycles. The molecular formula is C18H12O2. The van der Waals surface area contributed by atoms with Crippen molar-refractivity contribution in [3.05, 3.63) is 70.6 Å². The lowest BCUT2D eigenvalue weighted by Crippen LogP contribution is -2.01. The standard InChI is InChI=1S/C18H12O2/c1-11-8-15-7-6-14-9-12-4-2-3-5-13(12)10-16(14)17(15)20-18(11)19/h2-10H,1H3. The zero-order valence-electron chi connectivity index (χ0n) is 11.0. The smallest absolute Gasteiger partial charge is 0.339 e. The third kappa shape index (κ3) is 1.55. The van der Waals surface area contributed by atoms with Crippen molar-refractivity contribution >= 4 is 32.5 Å². The van der Waals surface area contributed by atoms with Crippen LogP contribution in [0.2, 0.25) is 0 Å². The summed E-state index contributed by atoms with van der Waals surface area (Å²) in [5.41, 5.74) is 1.04. The molecule has 4 aromatic rings. The van der Waals surface area contributed by atoms with E-state index in [1.807, 2.05) is 24.3 Å². The number of hydrogen-bond acceptors (Lipinski definition) is 2. The zero-order chi connectivity index (χ0) is 13.7. The molecule has 0 aliphatic carbocycles. The van der Waals surface area contributed by atoms with E-state index in [-0.39, 0.29) is 5.63 Å². The maximum absolute atomic E-state index is 11.8. The minimum Gasteiger partial charge on any atom is -0.422 e. The van der Waals surface area contributed by atoms with Crippen molar-refractivity contribution in [2.24, 2.45) is 0 Å². The van der Waals surface area contributed by atoms with Crippen LogP contribution in [0.5, 0.6) is 0 Å². The van der Waals surface area contributed by atoms with Gasteiger partial charge in [-0.3, -0.25) is 0 Å². The van der Waals surface area contributed by atoms with E-state index in [1.54, 1.807) is 6.92 Å². The summed E-state index contributed by atoms with van der Waals surface area (Å²) >= 11 is 0. The summed E-state index contributed by atoms with van der Waals surface area (Å²) in [6.45, 7) is 1.77. The van der Waals surface area contributed by atoms with Gasteiger partial charge in [-0.2, -0.15) is 0 Å². The van der Waals surface area contributed by atoms with Crippen LogP contribution in [0.25, 0.3) is 32.5 Å². The summed E-state index contributed by atoms with van der Waals surface area (Å²) in [6.07, 6.45) is 0. The second kappa shape index (κ2) is 3.94. The predicted molar refractivity (Wildman–Crippen MR) is 82.2 cm³/mol. The Morgan fingerprint density at radius 1 is 0.800 bits per heavy atom. The van der Waals surface area contributed by atoms with E-state index in [0.29, 0.717) is 11.1 Å². The monoisotopic (exact) mass is 260 g/mol. The van der Waals surface area contributed by atoms with Crippen molar-refractivity contribution in [3.63, 3.8) is 0 Å². The van der Waals surface area contributed by atoms with Crippen LogP contribution in [0.15, 0.2) is 63.8 Å². The highest BCUT2D eigenvalue weighted by molar-refractivity contribution is 6.09. The Kier molecular flexibility index (Phi) is 2.21. The molecule has 0 aliphatic heterocycles. The van der Waals surface area contributed by atoms with Crippen LogP contribution in [-0.2, 0) is 0 Å². The zero-order valence-corrected chi connectivity index (χ0v) is 11.0. The Morgan fingerprint density at radius 2 is 1.50 bits per heavy atom. The van der Waals surface area contributed by atoms with Crippen LogP contribution in [0, 0.1) is 6.92 Å². The minimum absolute atomic E-state index is 0.266. The van der Waals surface area contributed by atoms with Gasteiger partial charge in [0, 0.05) is 16.3 Å². The molecule has 0 fully saturated rings. The van der Waals surface area contributed by atoms with Gasteiger partial charge < -0.3 is 4.42 Å². The molecule has 0 N–H and O–H groups in total. The maximum Gasteiger partial charge on any atom is 0.339 e. The lowest BCUT2D eigenvalue weighted by molar-refractivity contribution is 0.558. The minimum atomic E-state index is -0.266. The topological polar surface area (TPSA) is 30.2 Å². The summed E-state index contributed by atoms with van der Waals surface area (Å²) in [7, 11) is 0. The summed E-state index contributed by atoms with van der Waals surface area (Å²) < 4.78 is 5.50. The van der Waals surface area contributed by atoms with Gasteiger partial charge in [0.25, 0.3) is 0 Å². The average Bonchev–Trinajstić information content (AvgIpc) is 2.47. The molecule has 4 rings (SSSR count). The average molecular weight is 260 g/mol. The molecule has 2 nitrogen and oxygen atoms in total. The van der Waals surface area contributed by atoms with Gasteiger partial charge in [0.2, 0.25) is 0 Å². The van der Waals surface area contributed by atoms with E-state index in [9.17, 15) is 4.79 Å². The molecule has 0 atom stereocenters. The second-order valence-electron chi connectivity index (χ2n) is 5.12. The number of rotatable bonds is 0. The molecule has 0 spiro atoms. The van der Waals surface area contributed by atoms with Crippen LogP contribution in [0.1, 0.15) is 5.56 Å². The quantitative estimate of drug-likeness (QED) is 0.266. The largest absolute Gasteiger partial charge is 0.422 e. The van der Waals surface area contributed by atoms with Crippen LogP contribution >= 0.6 is 0 Å². The Labute approximate surface area is 115 Å². The SMILES string of the molecule is Cc1cc2ccc3cc4ccccc4cc3c2oc1=O. The Morgan fingerprint density at radius 3 is 2.30 bits per heavy atom. The Balaban J connectivity index is 2.25. The molecule has 0 amide bonds. The molecule has 0 radical (unpaired) electrons. The van der Waals surface area contributed by atoms with E-state index in [4.69, 9.17) is 4.42 Å². The predicted octanol–water partition coefficient (Wildman–Crippen LogP) is 4.41. The van der Waals surface area contributed by atoms with Crippen LogP contribution in [0.3, 0.4) is 0 Å². The Hall–Kier alpha value is -2.61. The number of benzene rings is 3. The first kappa shape index (κ1) is 11.2. The van der Waals surface area contributed by atoms with Crippen molar-refractivity contribution in [1.82, 2.24) is 0 Å². The fraction of sp³-hybridized carbons (Fsp3) is 0.0556. The lowest BCUT2D eigenvalue weighted by atomic mass is 10.0. The molecular weight excluding hydrogens is 248 g/mol. The van der Waals surface area contributed by atoms with Crippen molar-refractivity contribution in [3.8, 4) is 0 Å². The summed E-state index contributed by atoms with van der Waals surface area (Å²) in [6, 6.07) is 18.4. The third-order valence-electron chi connectivity index (χ3n) is 3.76. The van der Waals surface area contributed by atoms with Crippen molar-refractivity contribution in [2.75, 3.05) is 0 Å². The highest BCUT2D eigenvalue weighted by Crippen LogP contribution is 2.29. The second-order valence-corrected chi connectivity index (χ2v) is 5.12. The number of fused-ring (bicyclic) bond motifs is 4. The van der Waals surface area contributed by atoms with Gasteiger partial charge in [0.1, 0.15) is 5.58 Å². The van der Waals surface area contributed by atoms with Crippen molar-refractivity contribution < 1.29 is 4.42 Å². The van der Waals surface area contributed by atoms with E-state index in [2.05, 4.69) is 30.3 Å². The van der Waals surface area contributed by atoms with Gasteiger partial charge in [0.15, 0.2) is 0 Å². The highest BCUT2D eigenvalue weighted by atomic mass is 16.4. The molecule has 1 aromatic heterocycles. The van der Waals surface area contributed by atoms with Crippen LogP contribution < -0.4 is 5.63 Å². The highest BCUT2D eigenvalue weighted by Gasteiger charge is 2.07. The normalized spacial score (nSPS) is 11.4. The van der Waals surface area contributed by atoms with Gasteiger partial charge in [-0.15, -0.1) is 0 Å². The van der Waals surface area contributed by atoms with Gasteiger partial charge >= 0.3 is 5.63 Å². The fourth-order valence-corrected chi connectivity index (χ4v) is 2.70. The fourth-order valence-electron chi connectivity index (χ4n) is 2.70. The maximum atomic E-state index is 11.8. The molecule has 3 aromatic carbocycles. The molecule has 0 bridgehead atoms. The first-order valence-corrected chi connectivity index (χ1v) is 6.58. The molecule has 1 heterocycles. The van der Waals surface area contributed by atoms with Gasteiger partial charge in [0.05, 0.1) is 0 Å². The van der Waals surface area contributed by atoms with Crippen molar-refractivity contribution in [1.29, 1.82) is 0 Å². The van der Waals surface area contributed by atoms with Crippen LogP contribution in [-0.4, -0.2) is 0 Å². The van der Waals surface area contributed by atoms with E-state index in [0.717, 1.165) is 21.5 Å². The lowest BCUT2D eigenvalue weighted by Gasteiger charge is -2.05. The van der Waals surface area contributed by atoms with Crippen molar-refractivity contribution in [2.45, 2.75) is 6.92 Å². The number of hydrogen-bond donors (Lipinski definition) is 0. The molecule has 20 heavy (non-hydrogen) atoms. The molecule has 96 valence electrons. The molecule has 0 unspecified atom stereocenters. The molecule has 0 aliphatic rings. The first-order valence-electron chi connectivity index (χ1n) is 6.58. The summed E-state index contributed by atoms with van der Waals surface area (Å²) in [4.78, 5) is 11.8. The molecule has 2 heteroatoms.